The first-order chi connectivity index (χ1) is 9.86. The number of nitrogens with zero attached hydrogens (tertiary/aromatic N) is 1. The van der Waals surface area contributed by atoms with Crippen LogP contribution < -0.4 is 0 Å². The first kappa shape index (κ1) is 18.1. The van der Waals surface area contributed by atoms with Gasteiger partial charge in [0.15, 0.2) is 0 Å². The maximum absolute atomic E-state index is 12.5. The lowest BCUT2D eigenvalue weighted by Gasteiger charge is -2.08. The van der Waals surface area contributed by atoms with Gasteiger partial charge in [-0.25, -0.2) is 0 Å². The lowest BCUT2D eigenvalue weighted by atomic mass is 10.2. The Balaban J connectivity index is 2.67. The van der Waals surface area contributed by atoms with E-state index in [1.165, 1.54) is 17.8 Å². The smallest absolute Gasteiger partial charge is 0.258 e. The van der Waals surface area contributed by atoms with Crippen molar-refractivity contribution < 1.29 is 18.1 Å². The van der Waals surface area contributed by atoms with E-state index in [-0.39, 0.29) is 4.90 Å². The Labute approximate surface area is 130 Å². The zero-order valence-electron chi connectivity index (χ0n) is 11.2. The minimum atomic E-state index is -4.57. The van der Waals surface area contributed by atoms with Gasteiger partial charge in [-0.15, -0.1) is 23.4 Å². The lowest BCUT2D eigenvalue weighted by Crippen LogP contribution is -2.06. The van der Waals surface area contributed by atoms with Crippen LogP contribution in [0.3, 0.4) is 0 Å². The van der Waals surface area contributed by atoms with E-state index in [2.05, 4.69) is 0 Å². The molecule has 0 heterocycles. The third-order valence-electron chi connectivity index (χ3n) is 2.77. The first-order valence-corrected chi connectivity index (χ1v) is 7.92. The number of hydrogen-bond donors (Lipinski definition) is 0. The van der Waals surface area contributed by atoms with Crippen molar-refractivity contribution in [3.05, 3.63) is 33.9 Å². The fourth-order valence-corrected chi connectivity index (χ4v) is 2.89. The molecule has 3 nitrogen and oxygen atoms in total. The molecule has 0 N–H and O–H groups in total. The highest BCUT2D eigenvalue weighted by Gasteiger charge is 2.32. The largest absolute Gasteiger partial charge is 0.416 e. The van der Waals surface area contributed by atoms with Crippen LogP contribution in [0.5, 0.6) is 0 Å². The third kappa shape index (κ3) is 6.13. The number of alkyl halides is 4. The zero-order valence-corrected chi connectivity index (χ0v) is 12.7. The quantitative estimate of drug-likeness (QED) is 0.206. The van der Waals surface area contributed by atoms with Crippen molar-refractivity contribution >= 4 is 29.1 Å². The maximum Gasteiger partial charge on any atom is 0.416 e. The highest BCUT2D eigenvalue weighted by molar-refractivity contribution is 7.99. The molecule has 0 amide bonds. The van der Waals surface area contributed by atoms with Crippen molar-refractivity contribution in [1.82, 2.24) is 0 Å². The Kier molecular flexibility index (Phi) is 7.31. The molecule has 0 spiro atoms. The summed E-state index contributed by atoms with van der Waals surface area (Å²) in [6.45, 7) is 0. The summed E-state index contributed by atoms with van der Waals surface area (Å²) in [5.74, 6) is 1.24. The van der Waals surface area contributed by atoms with Gasteiger partial charge in [0.25, 0.3) is 5.69 Å². The molecule has 0 saturated carbocycles. The van der Waals surface area contributed by atoms with Crippen molar-refractivity contribution in [3.8, 4) is 0 Å². The Morgan fingerprint density at radius 1 is 1.19 bits per heavy atom. The van der Waals surface area contributed by atoms with E-state index in [1.807, 2.05) is 0 Å². The summed E-state index contributed by atoms with van der Waals surface area (Å²) in [5.41, 5.74) is -1.49. The highest BCUT2D eigenvalue weighted by Crippen LogP contribution is 2.36. The lowest BCUT2D eigenvalue weighted by molar-refractivity contribution is -0.388. The molecule has 118 valence electrons. The van der Waals surface area contributed by atoms with Crippen LogP contribution >= 0.6 is 23.4 Å². The molecule has 1 rings (SSSR count). The van der Waals surface area contributed by atoms with Crippen molar-refractivity contribution in [3.63, 3.8) is 0 Å². The van der Waals surface area contributed by atoms with E-state index in [9.17, 15) is 23.3 Å². The molecule has 0 aromatic heterocycles. The predicted molar refractivity (Wildman–Crippen MR) is 78.0 cm³/mol. The van der Waals surface area contributed by atoms with E-state index in [0.29, 0.717) is 17.7 Å². The van der Waals surface area contributed by atoms with Crippen molar-refractivity contribution in [1.29, 1.82) is 0 Å². The average molecular weight is 342 g/mol. The normalized spacial score (nSPS) is 11.6. The van der Waals surface area contributed by atoms with Crippen LogP contribution in [0.4, 0.5) is 18.9 Å². The SMILES string of the molecule is O=[N+]([O-])c1cc(C(F)(F)F)ccc1SCCCCCCCl. The standard InChI is InChI=1S/C13H15ClF3NO2S/c14-7-3-1-2-4-8-21-12-6-5-10(13(15,16)17)9-11(12)18(19)20/h5-6,9H,1-4,7-8H2. The van der Waals surface area contributed by atoms with Gasteiger partial charge in [-0.2, -0.15) is 13.2 Å². The molecule has 0 bridgehead atoms. The number of nitro benzene ring substituents is 1. The summed E-state index contributed by atoms with van der Waals surface area (Å²) < 4.78 is 37.6. The first-order valence-electron chi connectivity index (χ1n) is 6.40. The van der Waals surface area contributed by atoms with Gasteiger partial charge in [0, 0.05) is 11.9 Å². The van der Waals surface area contributed by atoms with Gasteiger partial charge < -0.3 is 0 Å². The number of rotatable bonds is 8. The predicted octanol–water partition coefficient (Wildman–Crippen LogP) is 5.50. The highest BCUT2D eigenvalue weighted by atomic mass is 35.5. The van der Waals surface area contributed by atoms with E-state index >= 15 is 0 Å². The van der Waals surface area contributed by atoms with Gasteiger partial charge in [-0.3, -0.25) is 10.1 Å². The van der Waals surface area contributed by atoms with Gasteiger partial charge in [-0.05, 0) is 30.7 Å². The van der Waals surface area contributed by atoms with Crippen molar-refractivity contribution in [2.24, 2.45) is 0 Å². The second-order valence-corrected chi connectivity index (χ2v) is 5.90. The molecular formula is C13H15ClF3NO2S. The Hall–Kier alpha value is -0.950. The summed E-state index contributed by atoms with van der Waals surface area (Å²) in [7, 11) is 0. The molecule has 0 atom stereocenters. The molecule has 0 unspecified atom stereocenters. The molecule has 0 aliphatic rings. The van der Waals surface area contributed by atoms with Crippen LogP contribution in [0.25, 0.3) is 0 Å². The molecule has 1 aromatic rings. The second kappa shape index (κ2) is 8.48. The monoisotopic (exact) mass is 341 g/mol. The topological polar surface area (TPSA) is 43.1 Å². The van der Waals surface area contributed by atoms with Gasteiger partial charge in [0.2, 0.25) is 0 Å². The van der Waals surface area contributed by atoms with Crippen LogP contribution in [0.15, 0.2) is 23.1 Å². The summed E-state index contributed by atoms with van der Waals surface area (Å²) in [4.78, 5) is 10.4. The number of hydrogen-bond acceptors (Lipinski definition) is 3. The molecule has 0 saturated heterocycles. The summed E-state index contributed by atoms with van der Waals surface area (Å²) in [6.07, 6.45) is -0.866. The number of halogens is 4. The molecule has 8 heteroatoms. The van der Waals surface area contributed by atoms with E-state index < -0.39 is 22.4 Å². The van der Waals surface area contributed by atoms with Gasteiger partial charge >= 0.3 is 6.18 Å². The number of nitro groups is 1. The molecule has 1 aromatic carbocycles. The summed E-state index contributed by atoms with van der Waals surface area (Å²) in [6, 6.07) is 2.64. The third-order valence-corrected chi connectivity index (χ3v) is 4.18. The Morgan fingerprint density at radius 2 is 1.86 bits per heavy atom. The van der Waals surface area contributed by atoms with Crippen molar-refractivity contribution in [2.75, 3.05) is 11.6 Å². The fraction of sp³-hybridized carbons (Fsp3) is 0.538. The minimum absolute atomic E-state index is 0.269. The maximum atomic E-state index is 12.5. The summed E-state index contributed by atoms with van der Waals surface area (Å²) >= 11 is 6.76. The van der Waals surface area contributed by atoms with Crippen LogP contribution in [-0.4, -0.2) is 16.6 Å². The van der Waals surface area contributed by atoms with Gasteiger partial charge in [0.1, 0.15) is 0 Å². The fourth-order valence-electron chi connectivity index (χ4n) is 1.69. The van der Waals surface area contributed by atoms with E-state index in [0.717, 1.165) is 31.7 Å². The van der Waals surface area contributed by atoms with Gasteiger partial charge in [0.05, 0.1) is 15.4 Å². The number of benzene rings is 1. The van der Waals surface area contributed by atoms with Crippen LogP contribution in [-0.2, 0) is 6.18 Å². The molecule has 0 aliphatic carbocycles. The van der Waals surface area contributed by atoms with Crippen LogP contribution in [0.2, 0.25) is 0 Å². The van der Waals surface area contributed by atoms with E-state index in [4.69, 9.17) is 11.6 Å². The number of unbranched alkanes of at least 4 members (excludes halogenated alkanes) is 3. The molecule has 0 radical (unpaired) electrons. The summed E-state index contributed by atoms with van der Waals surface area (Å²) in [5, 5.41) is 10.9. The van der Waals surface area contributed by atoms with Gasteiger partial charge in [-0.1, -0.05) is 12.8 Å². The molecular weight excluding hydrogens is 327 g/mol. The molecule has 0 fully saturated rings. The number of thioether (sulfide) groups is 1. The zero-order chi connectivity index (χ0) is 15.9. The van der Waals surface area contributed by atoms with Crippen LogP contribution in [0.1, 0.15) is 31.2 Å². The van der Waals surface area contributed by atoms with Crippen LogP contribution in [0, 0.1) is 10.1 Å². The Bertz CT molecular complexity index is 483. The Morgan fingerprint density at radius 3 is 2.43 bits per heavy atom. The molecule has 21 heavy (non-hydrogen) atoms. The second-order valence-electron chi connectivity index (χ2n) is 4.39. The van der Waals surface area contributed by atoms with Crippen molar-refractivity contribution in [2.45, 2.75) is 36.8 Å². The minimum Gasteiger partial charge on any atom is -0.258 e. The molecule has 0 aliphatic heterocycles. The average Bonchev–Trinajstić information content (AvgIpc) is 2.41. The van der Waals surface area contributed by atoms with E-state index in [1.54, 1.807) is 0 Å².